The first-order valence-corrected chi connectivity index (χ1v) is 12.3. The number of unbranched alkanes of at least 4 members (excludes halogenated alkanes) is 1. The molecule has 0 radical (unpaired) electrons. The minimum atomic E-state index is -4.80. The second-order valence-corrected chi connectivity index (χ2v) is 8.08. The van der Waals surface area contributed by atoms with Gasteiger partial charge in [-0.25, -0.2) is 9.36 Å². The summed E-state index contributed by atoms with van der Waals surface area (Å²) in [6, 6.07) is -1.51. The molecular formula is C23H36NO7P. The van der Waals surface area contributed by atoms with Gasteiger partial charge in [-0.15, -0.1) is 0 Å². The molecule has 0 spiro atoms. The van der Waals surface area contributed by atoms with E-state index in [2.05, 4.69) is 65.4 Å². The predicted octanol–water partition coefficient (Wildman–Crippen LogP) is 4.59. The number of hydrogen-bond donors (Lipinski definition) is 4. The Kier molecular flexibility index (Phi) is 18.1. The summed E-state index contributed by atoms with van der Waals surface area (Å²) in [6.45, 7) is 1.31. The van der Waals surface area contributed by atoms with Crippen molar-refractivity contribution in [3.05, 3.63) is 60.8 Å². The smallest absolute Gasteiger partial charge is 0.469 e. The van der Waals surface area contributed by atoms with Crippen LogP contribution >= 0.6 is 7.82 Å². The van der Waals surface area contributed by atoms with Gasteiger partial charge in [0.25, 0.3) is 0 Å². The van der Waals surface area contributed by atoms with E-state index in [4.69, 9.17) is 14.9 Å². The highest BCUT2D eigenvalue weighted by Crippen LogP contribution is 2.35. The highest BCUT2D eigenvalue weighted by Gasteiger charge is 2.24. The van der Waals surface area contributed by atoms with Crippen molar-refractivity contribution in [3.63, 3.8) is 0 Å². The third-order valence-electron chi connectivity index (χ3n) is 3.98. The van der Waals surface area contributed by atoms with E-state index in [0.29, 0.717) is 12.8 Å². The lowest BCUT2D eigenvalue weighted by atomic mass is 10.2. The summed E-state index contributed by atoms with van der Waals surface area (Å²) >= 11 is 0. The summed E-state index contributed by atoms with van der Waals surface area (Å²) in [4.78, 5) is 40.0. The number of rotatable bonds is 18. The van der Waals surface area contributed by atoms with Crippen LogP contribution in [0.25, 0.3) is 0 Å². The van der Waals surface area contributed by atoms with E-state index in [0.717, 1.165) is 32.1 Å². The highest BCUT2D eigenvalue weighted by atomic mass is 31.2. The van der Waals surface area contributed by atoms with Gasteiger partial charge in [0, 0.05) is 6.42 Å². The largest absolute Gasteiger partial charge is 0.480 e. The lowest BCUT2D eigenvalue weighted by Crippen LogP contribution is -2.43. The van der Waals surface area contributed by atoms with E-state index in [1.807, 2.05) is 12.2 Å². The number of nitrogens with one attached hydrogen (secondary N) is 1. The zero-order valence-corrected chi connectivity index (χ0v) is 19.5. The summed E-state index contributed by atoms with van der Waals surface area (Å²) in [7, 11) is -4.80. The third-order valence-corrected chi connectivity index (χ3v) is 4.46. The van der Waals surface area contributed by atoms with Gasteiger partial charge >= 0.3 is 13.8 Å². The fourth-order valence-corrected chi connectivity index (χ4v) is 2.71. The molecule has 32 heavy (non-hydrogen) atoms. The number of hydrogen-bond acceptors (Lipinski definition) is 4. The Labute approximate surface area is 190 Å². The van der Waals surface area contributed by atoms with Gasteiger partial charge in [0.1, 0.15) is 0 Å². The quantitative estimate of drug-likeness (QED) is 0.131. The van der Waals surface area contributed by atoms with E-state index in [1.165, 1.54) is 0 Å². The van der Waals surface area contributed by atoms with Gasteiger partial charge in [0.15, 0.2) is 6.04 Å². The third kappa shape index (κ3) is 21.0. The second kappa shape index (κ2) is 19.4. The molecule has 0 aliphatic carbocycles. The molecule has 0 unspecified atom stereocenters. The van der Waals surface area contributed by atoms with Gasteiger partial charge in [0.05, 0.1) is 6.61 Å². The summed E-state index contributed by atoms with van der Waals surface area (Å²) in [5.74, 6) is -1.94. The van der Waals surface area contributed by atoms with Crippen molar-refractivity contribution in [3.8, 4) is 0 Å². The van der Waals surface area contributed by atoms with Crippen molar-refractivity contribution in [2.24, 2.45) is 0 Å². The van der Waals surface area contributed by atoms with Crippen molar-refractivity contribution in [2.45, 2.75) is 64.3 Å². The Morgan fingerprint density at radius 1 is 0.875 bits per heavy atom. The lowest BCUT2D eigenvalue weighted by molar-refractivity contribution is -0.142. The summed E-state index contributed by atoms with van der Waals surface area (Å²) in [5, 5.41) is 11.2. The Balaban J connectivity index is 3.86. The van der Waals surface area contributed by atoms with E-state index >= 15 is 0 Å². The molecule has 0 aliphatic heterocycles. The first kappa shape index (κ1) is 29.8. The maximum absolute atomic E-state index is 11.8. The summed E-state index contributed by atoms with van der Waals surface area (Å²) in [5.41, 5.74) is 0. The number of phosphoric ester groups is 1. The van der Waals surface area contributed by atoms with Crippen LogP contribution in [0.1, 0.15) is 58.3 Å². The van der Waals surface area contributed by atoms with Crippen molar-refractivity contribution in [1.82, 2.24) is 5.32 Å². The van der Waals surface area contributed by atoms with Crippen molar-refractivity contribution in [1.29, 1.82) is 0 Å². The summed E-state index contributed by atoms with van der Waals surface area (Å²) < 4.78 is 14.8. The number of allylic oxidation sites excluding steroid dienone is 10. The lowest BCUT2D eigenvalue weighted by Gasteiger charge is -2.14. The van der Waals surface area contributed by atoms with Gasteiger partial charge in [0.2, 0.25) is 5.91 Å². The number of carboxylic acid groups (broad SMARTS) is 1. The molecule has 0 aromatic heterocycles. The summed E-state index contributed by atoms with van der Waals surface area (Å²) in [6.07, 6.45) is 27.0. The maximum atomic E-state index is 11.8. The molecule has 180 valence electrons. The van der Waals surface area contributed by atoms with Crippen LogP contribution in [0.15, 0.2) is 60.8 Å². The van der Waals surface area contributed by atoms with Crippen LogP contribution in [0.3, 0.4) is 0 Å². The van der Waals surface area contributed by atoms with Crippen LogP contribution in [-0.4, -0.2) is 39.4 Å². The number of carboxylic acids is 1. The Hall–Kier alpha value is -2.25. The monoisotopic (exact) mass is 469 g/mol. The molecule has 0 bridgehead atoms. The Bertz CT molecular complexity index is 720. The number of carbonyl (C=O) groups excluding carboxylic acids is 1. The minimum absolute atomic E-state index is 0.105. The van der Waals surface area contributed by atoms with E-state index in [9.17, 15) is 14.2 Å². The highest BCUT2D eigenvalue weighted by molar-refractivity contribution is 7.46. The van der Waals surface area contributed by atoms with E-state index < -0.39 is 32.3 Å². The van der Waals surface area contributed by atoms with Crippen molar-refractivity contribution >= 4 is 19.7 Å². The number of aliphatic carboxylic acids is 1. The van der Waals surface area contributed by atoms with Gasteiger partial charge in [-0.1, -0.05) is 67.7 Å². The molecule has 0 saturated carbocycles. The van der Waals surface area contributed by atoms with E-state index in [1.54, 1.807) is 0 Å². The zero-order valence-electron chi connectivity index (χ0n) is 18.6. The van der Waals surface area contributed by atoms with E-state index in [-0.39, 0.29) is 6.42 Å². The predicted molar refractivity (Wildman–Crippen MR) is 126 cm³/mol. The fraction of sp³-hybridized carbons (Fsp3) is 0.478. The van der Waals surface area contributed by atoms with Gasteiger partial charge in [-0.05, 0) is 44.9 Å². The second-order valence-electron chi connectivity index (χ2n) is 6.84. The molecule has 0 saturated heterocycles. The molecule has 0 aromatic rings. The molecule has 0 fully saturated rings. The average Bonchev–Trinajstić information content (AvgIpc) is 2.72. The molecular weight excluding hydrogens is 433 g/mol. The van der Waals surface area contributed by atoms with Crippen LogP contribution < -0.4 is 5.32 Å². The molecule has 9 heteroatoms. The SMILES string of the molecule is CCC=CCC=CCC=CCC=CC/C=C\CCCC(=O)N[C@@H](COP(=O)(O)O)C(=O)O. The molecule has 1 atom stereocenters. The zero-order chi connectivity index (χ0) is 24.1. The maximum Gasteiger partial charge on any atom is 0.469 e. The Morgan fingerprint density at radius 2 is 1.34 bits per heavy atom. The fourth-order valence-electron chi connectivity index (χ4n) is 2.36. The van der Waals surface area contributed by atoms with Crippen LogP contribution in [0.4, 0.5) is 0 Å². The number of amides is 1. The molecule has 0 aromatic carbocycles. The molecule has 0 rings (SSSR count). The van der Waals surface area contributed by atoms with Crippen molar-refractivity contribution in [2.75, 3.05) is 6.61 Å². The first-order chi connectivity index (χ1) is 15.3. The minimum Gasteiger partial charge on any atom is -0.480 e. The number of phosphoric acid groups is 1. The molecule has 4 N–H and O–H groups in total. The van der Waals surface area contributed by atoms with Gasteiger partial charge in [-0.3, -0.25) is 9.32 Å². The standard InChI is InChI=1S/C23H36NO7P/c1-2-3-4-5-6-7-8-9-10-11-12-13-14-15-16-17-18-19-22(25)24-21(23(26)27)20-31-32(28,29)30/h3-4,6-7,9-10,12-13,15-16,21H,2,5,8,11,14,17-20H2,1H3,(H,24,25)(H,26,27)(H2,28,29,30)/b4-3?,7-6?,10-9?,13-12?,16-15-/t21-/m0/s1. The topological polar surface area (TPSA) is 133 Å². The van der Waals surface area contributed by atoms with Crippen LogP contribution in [0.5, 0.6) is 0 Å². The number of carbonyl (C=O) groups is 2. The molecule has 1 amide bonds. The normalized spacial score (nSPS) is 13.8. The molecule has 0 aliphatic rings. The molecule has 0 heterocycles. The first-order valence-electron chi connectivity index (χ1n) is 10.7. The van der Waals surface area contributed by atoms with Crippen LogP contribution in [-0.2, 0) is 18.7 Å². The average molecular weight is 470 g/mol. The van der Waals surface area contributed by atoms with Crippen LogP contribution in [0, 0.1) is 0 Å². The van der Waals surface area contributed by atoms with Gasteiger partial charge < -0.3 is 20.2 Å². The van der Waals surface area contributed by atoms with Crippen molar-refractivity contribution < 1.29 is 33.6 Å². The van der Waals surface area contributed by atoms with Gasteiger partial charge in [-0.2, -0.15) is 0 Å². The van der Waals surface area contributed by atoms with Crippen LogP contribution in [0.2, 0.25) is 0 Å². The molecule has 8 nitrogen and oxygen atoms in total. The Morgan fingerprint density at radius 3 is 1.78 bits per heavy atom.